The van der Waals surface area contributed by atoms with Crippen LogP contribution in [0.15, 0.2) is 6.07 Å². The first kappa shape index (κ1) is 10.9. The lowest BCUT2D eigenvalue weighted by molar-refractivity contribution is 0.687. The van der Waals surface area contributed by atoms with Gasteiger partial charge in [-0.15, -0.1) is 0 Å². The molecule has 0 spiro atoms. The molecule has 0 radical (unpaired) electrons. The average molecular weight is 214 g/mol. The number of aromatic nitrogens is 2. The van der Waals surface area contributed by atoms with Gasteiger partial charge in [-0.05, 0) is 6.92 Å². The lowest BCUT2D eigenvalue weighted by Gasteiger charge is -2.05. The summed E-state index contributed by atoms with van der Waals surface area (Å²) in [6.45, 7) is 2.47. The van der Waals surface area contributed by atoms with Crippen LogP contribution in [0.1, 0.15) is 5.69 Å². The number of anilines is 2. The summed E-state index contributed by atoms with van der Waals surface area (Å²) in [6.07, 6.45) is 1.67. The Morgan fingerprint density at radius 3 is 2.86 bits per heavy atom. The van der Waals surface area contributed by atoms with Gasteiger partial charge in [0.05, 0.1) is 0 Å². The molecule has 0 bridgehead atoms. The number of hydrogen-bond donors (Lipinski definition) is 2. The van der Waals surface area contributed by atoms with Crippen LogP contribution in [0.4, 0.5) is 11.8 Å². The van der Waals surface area contributed by atoms with E-state index in [2.05, 4.69) is 15.3 Å². The molecule has 1 rings (SSSR count). The van der Waals surface area contributed by atoms with Crippen molar-refractivity contribution in [2.45, 2.75) is 6.92 Å². The van der Waals surface area contributed by atoms with Crippen LogP contribution < -0.4 is 11.1 Å². The minimum Gasteiger partial charge on any atom is -0.369 e. The van der Waals surface area contributed by atoms with Crippen molar-refractivity contribution in [2.24, 2.45) is 0 Å². The molecule has 14 heavy (non-hydrogen) atoms. The highest BCUT2D eigenvalue weighted by molar-refractivity contribution is 7.84. The third-order valence-corrected chi connectivity index (χ3v) is 2.35. The Hall–Kier alpha value is -1.17. The molecule has 1 atom stereocenters. The number of rotatable bonds is 4. The first-order chi connectivity index (χ1) is 6.58. The lowest BCUT2D eigenvalue weighted by Crippen LogP contribution is -2.12. The van der Waals surface area contributed by atoms with Crippen molar-refractivity contribution in [3.8, 4) is 0 Å². The second-order valence-corrected chi connectivity index (χ2v) is 4.51. The summed E-state index contributed by atoms with van der Waals surface area (Å²) in [7, 11) is -0.787. The molecule has 3 N–H and O–H groups in total. The predicted molar refractivity (Wildman–Crippen MR) is 58.6 cm³/mol. The maximum absolute atomic E-state index is 10.8. The zero-order valence-corrected chi connectivity index (χ0v) is 9.10. The molecule has 0 amide bonds. The van der Waals surface area contributed by atoms with E-state index in [1.54, 1.807) is 12.3 Å². The summed E-state index contributed by atoms with van der Waals surface area (Å²) >= 11 is 0. The Kier molecular flexibility index (Phi) is 3.82. The summed E-state index contributed by atoms with van der Waals surface area (Å²) in [4.78, 5) is 7.93. The van der Waals surface area contributed by atoms with Crippen LogP contribution in [0.2, 0.25) is 0 Å². The minimum absolute atomic E-state index is 0.255. The second-order valence-electron chi connectivity index (χ2n) is 2.96. The van der Waals surface area contributed by atoms with Gasteiger partial charge < -0.3 is 11.1 Å². The van der Waals surface area contributed by atoms with Crippen molar-refractivity contribution in [2.75, 3.05) is 29.6 Å². The number of nitrogens with zero attached hydrogens (tertiary/aromatic N) is 2. The highest BCUT2D eigenvalue weighted by Gasteiger charge is 1.98. The van der Waals surface area contributed by atoms with E-state index in [1.807, 2.05) is 6.92 Å². The van der Waals surface area contributed by atoms with E-state index >= 15 is 0 Å². The quantitative estimate of drug-likeness (QED) is 0.746. The number of nitrogen functional groups attached to an aromatic ring is 1. The van der Waals surface area contributed by atoms with Crippen LogP contribution in [0.3, 0.4) is 0 Å². The van der Waals surface area contributed by atoms with Gasteiger partial charge >= 0.3 is 0 Å². The first-order valence-corrected chi connectivity index (χ1v) is 5.95. The first-order valence-electron chi connectivity index (χ1n) is 4.23. The zero-order chi connectivity index (χ0) is 10.6. The summed E-state index contributed by atoms with van der Waals surface area (Å²) in [5.41, 5.74) is 6.29. The molecular formula is C8H14N4OS. The summed E-state index contributed by atoms with van der Waals surface area (Å²) in [5, 5.41) is 3.03. The van der Waals surface area contributed by atoms with Crippen molar-refractivity contribution in [1.29, 1.82) is 0 Å². The normalized spacial score (nSPS) is 12.4. The van der Waals surface area contributed by atoms with E-state index in [0.717, 1.165) is 5.69 Å². The minimum atomic E-state index is -0.787. The molecule has 0 saturated heterocycles. The highest BCUT2D eigenvalue weighted by Crippen LogP contribution is 2.06. The molecule has 6 heteroatoms. The number of aryl methyl sites for hydroxylation is 1. The maximum atomic E-state index is 10.8. The van der Waals surface area contributed by atoms with Crippen molar-refractivity contribution < 1.29 is 4.21 Å². The summed E-state index contributed by atoms with van der Waals surface area (Å²) in [5.74, 6) is 1.54. The van der Waals surface area contributed by atoms with Gasteiger partial charge in [-0.2, -0.15) is 4.98 Å². The highest BCUT2D eigenvalue weighted by atomic mass is 32.2. The van der Waals surface area contributed by atoms with Gasteiger partial charge in [0.25, 0.3) is 0 Å². The monoisotopic (exact) mass is 214 g/mol. The third-order valence-electron chi connectivity index (χ3n) is 1.57. The molecule has 0 aliphatic carbocycles. The van der Waals surface area contributed by atoms with Crippen LogP contribution >= 0.6 is 0 Å². The Balaban J connectivity index is 2.54. The van der Waals surface area contributed by atoms with Crippen molar-refractivity contribution in [3.05, 3.63) is 11.8 Å². The molecule has 0 saturated carbocycles. The topological polar surface area (TPSA) is 80.9 Å². The second kappa shape index (κ2) is 4.90. The van der Waals surface area contributed by atoms with E-state index in [1.165, 1.54) is 0 Å². The Morgan fingerprint density at radius 2 is 2.29 bits per heavy atom. The molecule has 78 valence electrons. The molecule has 0 aromatic carbocycles. The Labute approximate surface area is 85.6 Å². The van der Waals surface area contributed by atoms with Gasteiger partial charge in [0, 0.05) is 41.1 Å². The fraction of sp³-hybridized carbons (Fsp3) is 0.500. The number of nitrogens with two attached hydrogens (primary N) is 1. The zero-order valence-electron chi connectivity index (χ0n) is 8.28. The van der Waals surface area contributed by atoms with Gasteiger partial charge in [0.1, 0.15) is 5.82 Å². The summed E-state index contributed by atoms with van der Waals surface area (Å²) < 4.78 is 10.8. The fourth-order valence-electron chi connectivity index (χ4n) is 1.00. The lowest BCUT2D eigenvalue weighted by atomic mass is 10.4. The van der Waals surface area contributed by atoms with Crippen LogP contribution in [0.25, 0.3) is 0 Å². The molecule has 1 aromatic heterocycles. The van der Waals surface area contributed by atoms with E-state index in [9.17, 15) is 4.21 Å². The molecule has 0 aliphatic rings. The SMILES string of the molecule is Cc1cc(NCCS(C)=O)nc(N)n1. The van der Waals surface area contributed by atoms with E-state index in [0.29, 0.717) is 18.1 Å². The third kappa shape index (κ3) is 3.69. The largest absolute Gasteiger partial charge is 0.369 e. The van der Waals surface area contributed by atoms with Gasteiger partial charge in [0.15, 0.2) is 0 Å². The van der Waals surface area contributed by atoms with Crippen LogP contribution in [0.5, 0.6) is 0 Å². The Morgan fingerprint density at radius 1 is 1.57 bits per heavy atom. The van der Waals surface area contributed by atoms with Crippen molar-refractivity contribution in [3.63, 3.8) is 0 Å². The van der Waals surface area contributed by atoms with E-state index < -0.39 is 10.8 Å². The van der Waals surface area contributed by atoms with E-state index in [-0.39, 0.29) is 5.95 Å². The predicted octanol–water partition coefficient (Wildman–Crippen LogP) is 0.158. The van der Waals surface area contributed by atoms with Crippen LogP contribution in [-0.2, 0) is 10.8 Å². The van der Waals surface area contributed by atoms with Gasteiger partial charge in [-0.3, -0.25) is 4.21 Å². The molecule has 0 fully saturated rings. The van der Waals surface area contributed by atoms with Crippen LogP contribution in [0, 0.1) is 6.92 Å². The van der Waals surface area contributed by atoms with Gasteiger partial charge in [0.2, 0.25) is 5.95 Å². The smallest absolute Gasteiger partial charge is 0.222 e. The van der Waals surface area contributed by atoms with Crippen molar-refractivity contribution >= 4 is 22.6 Å². The molecule has 0 aliphatic heterocycles. The standard InChI is InChI=1S/C8H14N4OS/c1-6-5-7(12-8(9)11-6)10-3-4-14(2)13/h5H,3-4H2,1-2H3,(H3,9,10,11,12). The van der Waals surface area contributed by atoms with Crippen molar-refractivity contribution in [1.82, 2.24) is 9.97 Å². The molecule has 5 nitrogen and oxygen atoms in total. The Bertz CT molecular complexity index is 322. The number of hydrogen-bond acceptors (Lipinski definition) is 5. The van der Waals surface area contributed by atoms with Gasteiger partial charge in [-0.25, -0.2) is 4.98 Å². The van der Waals surface area contributed by atoms with Crippen LogP contribution in [-0.4, -0.2) is 32.7 Å². The average Bonchev–Trinajstić information content (AvgIpc) is 2.01. The molecule has 1 heterocycles. The van der Waals surface area contributed by atoms with E-state index in [4.69, 9.17) is 5.73 Å². The molecular weight excluding hydrogens is 200 g/mol. The van der Waals surface area contributed by atoms with Gasteiger partial charge in [-0.1, -0.05) is 0 Å². The maximum Gasteiger partial charge on any atom is 0.222 e. The molecule has 1 aromatic rings. The summed E-state index contributed by atoms with van der Waals surface area (Å²) in [6, 6.07) is 1.80. The number of nitrogens with one attached hydrogen (secondary N) is 1. The molecule has 1 unspecified atom stereocenters. The fourth-order valence-corrected chi connectivity index (χ4v) is 1.39.